The Bertz CT molecular complexity index is 320. The van der Waals surface area contributed by atoms with E-state index >= 15 is 0 Å². The Kier molecular flexibility index (Phi) is 6.10. The third kappa shape index (κ3) is 4.75. The van der Waals surface area contributed by atoms with E-state index in [1.54, 1.807) is 6.92 Å². The molecular formula is C11H17NO4. The maximum Gasteiger partial charge on any atom is 0.332 e. The molecule has 0 aromatic carbocycles. The molecule has 0 spiro atoms. The zero-order chi connectivity index (χ0) is 12.7. The molecule has 0 radical (unpaired) electrons. The molecule has 0 saturated heterocycles. The minimum atomic E-state index is -1.08. The first-order valence-corrected chi connectivity index (χ1v) is 4.89. The topological polar surface area (TPSA) is 77.8 Å². The van der Waals surface area contributed by atoms with Crippen LogP contribution in [0.25, 0.3) is 0 Å². The number of carboxylic acids is 1. The van der Waals surface area contributed by atoms with Crippen LogP contribution in [0.5, 0.6) is 0 Å². The van der Waals surface area contributed by atoms with Crippen molar-refractivity contribution in [3.05, 3.63) is 23.9 Å². The zero-order valence-corrected chi connectivity index (χ0v) is 9.56. The number of rotatable bonds is 6. The summed E-state index contributed by atoms with van der Waals surface area (Å²) in [5.74, 6) is -1.42. The average molecular weight is 227 g/mol. The van der Waals surface area contributed by atoms with E-state index < -0.39 is 5.97 Å². The van der Waals surface area contributed by atoms with Gasteiger partial charge in [-0.15, -0.1) is 0 Å². The first-order chi connectivity index (χ1) is 7.40. The van der Waals surface area contributed by atoms with E-state index in [4.69, 9.17) is 10.2 Å². The van der Waals surface area contributed by atoms with E-state index in [-0.39, 0.29) is 24.6 Å². The van der Waals surface area contributed by atoms with Gasteiger partial charge in [0.25, 0.3) is 5.91 Å². The summed E-state index contributed by atoms with van der Waals surface area (Å²) in [6.45, 7) is 6.68. The molecule has 5 heteroatoms. The van der Waals surface area contributed by atoms with Gasteiger partial charge in [0.2, 0.25) is 0 Å². The standard InChI is InChI=1S/C11H17NO4/c1-8(2)10(14)12(5-4-6-13)7-9(3)11(15)16/h7,13H,1,4-6H2,2-3H3,(H,15,16). The van der Waals surface area contributed by atoms with Crippen LogP contribution in [-0.4, -0.2) is 40.1 Å². The van der Waals surface area contributed by atoms with E-state index in [1.165, 1.54) is 18.0 Å². The Morgan fingerprint density at radius 3 is 2.31 bits per heavy atom. The number of amides is 1. The maximum absolute atomic E-state index is 11.6. The molecule has 16 heavy (non-hydrogen) atoms. The fraction of sp³-hybridized carbons (Fsp3) is 0.455. The molecule has 0 rings (SSSR count). The highest BCUT2D eigenvalue weighted by Gasteiger charge is 2.13. The number of nitrogens with zero attached hydrogens (tertiary/aromatic N) is 1. The second-order valence-electron chi connectivity index (χ2n) is 3.47. The molecule has 0 atom stereocenters. The summed E-state index contributed by atoms with van der Waals surface area (Å²) < 4.78 is 0. The van der Waals surface area contributed by atoms with Crippen LogP contribution in [0.3, 0.4) is 0 Å². The Labute approximate surface area is 94.7 Å². The van der Waals surface area contributed by atoms with Crippen LogP contribution in [0.4, 0.5) is 0 Å². The summed E-state index contributed by atoms with van der Waals surface area (Å²) in [7, 11) is 0. The van der Waals surface area contributed by atoms with Crippen LogP contribution in [0.2, 0.25) is 0 Å². The van der Waals surface area contributed by atoms with Crippen LogP contribution in [0, 0.1) is 0 Å². The minimum absolute atomic E-state index is 0.0556. The monoisotopic (exact) mass is 227 g/mol. The Hall–Kier alpha value is -1.62. The summed E-state index contributed by atoms with van der Waals surface area (Å²) in [6, 6.07) is 0. The van der Waals surface area contributed by atoms with Gasteiger partial charge in [-0.05, 0) is 20.3 Å². The normalized spacial score (nSPS) is 11.1. The van der Waals surface area contributed by atoms with Crippen molar-refractivity contribution in [1.29, 1.82) is 0 Å². The van der Waals surface area contributed by atoms with Crippen LogP contribution < -0.4 is 0 Å². The molecule has 90 valence electrons. The van der Waals surface area contributed by atoms with Gasteiger partial charge in [0.15, 0.2) is 0 Å². The van der Waals surface area contributed by atoms with Gasteiger partial charge >= 0.3 is 5.97 Å². The quantitative estimate of drug-likeness (QED) is 0.657. The van der Waals surface area contributed by atoms with Crippen molar-refractivity contribution in [2.45, 2.75) is 20.3 Å². The van der Waals surface area contributed by atoms with Gasteiger partial charge in [-0.25, -0.2) is 4.79 Å². The van der Waals surface area contributed by atoms with Crippen LogP contribution >= 0.6 is 0 Å². The van der Waals surface area contributed by atoms with Crippen molar-refractivity contribution in [3.63, 3.8) is 0 Å². The molecule has 5 nitrogen and oxygen atoms in total. The first kappa shape index (κ1) is 14.4. The van der Waals surface area contributed by atoms with E-state index in [1.807, 2.05) is 0 Å². The average Bonchev–Trinajstić information content (AvgIpc) is 2.22. The maximum atomic E-state index is 11.6. The van der Waals surface area contributed by atoms with E-state index in [2.05, 4.69) is 6.58 Å². The number of hydrogen-bond donors (Lipinski definition) is 2. The molecule has 0 heterocycles. The number of carbonyl (C=O) groups excluding carboxylic acids is 1. The zero-order valence-electron chi connectivity index (χ0n) is 9.56. The number of aliphatic carboxylic acids is 1. The molecule has 0 bridgehead atoms. The molecule has 0 aliphatic rings. The molecule has 2 N–H and O–H groups in total. The van der Waals surface area contributed by atoms with E-state index in [0.29, 0.717) is 12.0 Å². The Morgan fingerprint density at radius 1 is 1.38 bits per heavy atom. The second kappa shape index (κ2) is 6.79. The number of aliphatic hydroxyl groups excluding tert-OH is 1. The van der Waals surface area contributed by atoms with Crippen LogP contribution in [0.1, 0.15) is 20.3 Å². The summed E-state index contributed by atoms with van der Waals surface area (Å²) >= 11 is 0. The predicted octanol–water partition coefficient (Wildman–Crippen LogP) is 0.762. The molecule has 0 saturated carbocycles. The number of aliphatic hydroxyl groups is 1. The van der Waals surface area contributed by atoms with Crippen LogP contribution in [-0.2, 0) is 9.59 Å². The van der Waals surface area contributed by atoms with Crippen molar-refractivity contribution in [2.24, 2.45) is 0 Å². The molecular weight excluding hydrogens is 210 g/mol. The van der Waals surface area contributed by atoms with Crippen molar-refractivity contribution < 1.29 is 19.8 Å². The number of carbonyl (C=O) groups is 2. The lowest BCUT2D eigenvalue weighted by molar-refractivity contribution is -0.132. The number of hydrogen-bond acceptors (Lipinski definition) is 3. The van der Waals surface area contributed by atoms with Gasteiger partial charge < -0.3 is 15.1 Å². The molecule has 0 fully saturated rings. The van der Waals surface area contributed by atoms with Crippen molar-refractivity contribution >= 4 is 11.9 Å². The van der Waals surface area contributed by atoms with Gasteiger partial charge in [-0.3, -0.25) is 4.79 Å². The third-order valence-electron chi connectivity index (χ3n) is 1.87. The molecule has 1 amide bonds. The lowest BCUT2D eigenvalue weighted by atomic mass is 10.2. The van der Waals surface area contributed by atoms with Gasteiger partial charge in [0.05, 0.1) is 5.57 Å². The minimum Gasteiger partial charge on any atom is -0.478 e. The van der Waals surface area contributed by atoms with Gasteiger partial charge in [0.1, 0.15) is 0 Å². The van der Waals surface area contributed by atoms with Gasteiger partial charge in [-0.2, -0.15) is 0 Å². The summed E-state index contributed by atoms with van der Waals surface area (Å²) in [6.07, 6.45) is 1.65. The molecule has 0 aliphatic heterocycles. The van der Waals surface area contributed by atoms with E-state index in [9.17, 15) is 9.59 Å². The molecule has 0 aromatic heterocycles. The summed E-state index contributed by atoms with van der Waals surface area (Å²) in [5.41, 5.74) is 0.389. The molecule has 0 unspecified atom stereocenters. The Balaban J connectivity index is 4.80. The van der Waals surface area contributed by atoms with Crippen LogP contribution in [0.15, 0.2) is 23.9 Å². The van der Waals surface area contributed by atoms with Crippen molar-refractivity contribution in [1.82, 2.24) is 4.90 Å². The fourth-order valence-electron chi connectivity index (χ4n) is 1.000. The summed E-state index contributed by atoms with van der Waals surface area (Å²) in [4.78, 5) is 23.5. The van der Waals surface area contributed by atoms with Crippen molar-refractivity contribution in [2.75, 3.05) is 13.2 Å². The largest absolute Gasteiger partial charge is 0.478 e. The predicted molar refractivity (Wildman–Crippen MR) is 59.6 cm³/mol. The van der Waals surface area contributed by atoms with Gasteiger partial charge in [-0.1, -0.05) is 6.58 Å². The third-order valence-corrected chi connectivity index (χ3v) is 1.87. The smallest absolute Gasteiger partial charge is 0.332 e. The Morgan fingerprint density at radius 2 is 1.94 bits per heavy atom. The highest BCUT2D eigenvalue weighted by atomic mass is 16.4. The highest BCUT2D eigenvalue weighted by molar-refractivity contribution is 5.94. The van der Waals surface area contributed by atoms with E-state index in [0.717, 1.165) is 0 Å². The number of carboxylic acid groups (broad SMARTS) is 1. The fourth-order valence-corrected chi connectivity index (χ4v) is 1.000. The summed E-state index contributed by atoms with van der Waals surface area (Å²) in [5, 5.41) is 17.4. The van der Waals surface area contributed by atoms with Crippen molar-refractivity contribution in [3.8, 4) is 0 Å². The highest BCUT2D eigenvalue weighted by Crippen LogP contribution is 2.04. The van der Waals surface area contributed by atoms with Gasteiger partial charge in [0, 0.05) is 24.9 Å². The first-order valence-electron chi connectivity index (χ1n) is 4.89. The molecule has 0 aliphatic carbocycles. The second-order valence-corrected chi connectivity index (χ2v) is 3.47. The lowest BCUT2D eigenvalue weighted by Crippen LogP contribution is -2.28. The lowest BCUT2D eigenvalue weighted by Gasteiger charge is -2.18. The molecule has 0 aromatic rings. The SMILES string of the molecule is C=C(C)C(=O)N(C=C(C)C(=O)O)CCCO.